The van der Waals surface area contributed by atoms with Gasteiger partial charge in [0.1, 0.15) is 6.04 Å². The number of piperidine rings is 1. The van der Waals surface area contributed by atoms with Crippen LogP contribution in [0.1, 0.15) is 68.3 Å². The van der Waals surface area contributed by atoms with Crippen LogP contribution < -0.4 is 0 Å². The standard InChI is InChI=1S/C20H25N3O2/c1-2-8-18-21-19(25-22-18)17-11-6-7-12-23(17)20(24)16-13-15(16)14-9-4-3-5-10-14/h3-5,9-10,15-17H,2,6-8,11-13H2,1H3/t15-,16-,17-/m0/s1. The van der Waals surface area contributed by atoms with Crippen molar-refractivity contribution in [2.45, 2.75) is 57.4 Å². The van der Waals surface area contributed by atoms with Gasteiger partial charge in [-0.2, -0.15) is 4.98 Å². The molecule has 1 aromatic carbocycles. The lowest BCUT2D eigenvalue weighted by Gasteiger charge is -2.33. The smallest absolute Gasteiger partial charge is 0.249 e. The number of carbonyl (C=O) groups excluding carboxylic acids is 1. The first-order valence-electron chi connectivity index (χ1n) is 9.46. The first kappa shape index (κ1) is 16.3. The quantitative estimate of drug-likeness (QED) is 0.829. The molecule has 0 unspecified atom stereocenters. The zero-order valence-corrected chi connectivity index (χ0v) is 14.7. The van der Waals surface area contributed by atoms with Crippen molar-refractivity contribution in [3.63, 3.8) is 0 Å². The van der Waals surface area contributed by atoms with E-state index in [0.717, 1.165) is 50.9 Å². The van der Waals surface area contributed by atoms with Gasteiger partial charge < -0.3 is 9.42 Å². The summed E-state index contributed by atoms with van der Waals surface area (Å²) in [6.45, 7) is 2.90. The normalized spacial score (nSPS) is 25.8. The molecule has 4 rings (SSSR count). The van der Waals surface area contributed by atoms with Crippen LogP contribution in [0.3, 0.4) is 0 Å². The summed E-state index contributed by atoms with van der Waals surface area (Å²) in [6, 6.07) is 10.3. The molecule has 1 aliphatic carbocycles. The van der Waals surface area contributed by atoms with Crippen molar-refractivity contribution in [2.24, 2.45) is 5.92 Å². The fraction of sp³-hybridized carbons (Fsp3) is 0.550. The summed E-state index contributed by atoms with van der Waals surface area (Å²) < 4.78 is 5.49. The van der Waals surface area contributed by atoms with Crippen LogP contribution >= 0.6 is 0 Å². The fourth-order valence-electron chi connectivity index (χ4n) is 3.93. The van der Waals surface area contributed by atoms with Gasteiger partial charge in [0.2, 0.25) is 11.8 Å². The van der Waals surface area contributed by atoms with E-state index in [-0.39, 0.29) is 17.9 Å². The molecule has 2 fully saturated rings. The monoisotopic (exact) mass is 339 g/mol. The number of hydrogen-bond acceptors (Lipinski definition) is 4. The predicted octanol–water partition coefficient (Wildman–Crippen LogP) is 3.88. The fourth-order valence-corrected chi connectivity index (χ4v) is 3.93. The van der Waals surface area contributed by atoms with Gasteiger partial charge in [0.05, 0.1) is 0 Å². The molecule has 0 spiro atoms. The van der Waals surface area contributed by atoms with Gasteiger partial charge in [-0.15, -0.1) is 0 Å². The third kappa shape index (κ3) is 3.32. The molecule has 2 aliphatic rings. The third-order valence-electron chi connectivity index (χ3n) is 5.36. The Balaban J connectivity index is 1.48. The summed E-state index contributed by atoms with van der Waals surface area (Å²) >= 11 is 0. The van der Waals surface area contributed by atoms with E-state index in [0.29, 0.717) is 11.8 Å². The summed E-state index contributed by atoms with van der Waals surface area (Å²) in [7, 11) is 0. The maximum atomic E-state index is 13.1. The number of likely N-dealkylation sites (tertiary alicyclic amines) is 1. The number of rotatable bonds is 5. The second-order valence-corrected chi connectivity index (χ2v) is 7.20. The van der Waals surface area contributed by atoms with Crippen LogP contribution in [0.25, 0.3) is 0 Å². The highest BCUT2D eigenvalue weighted by molar-refractivity contribution is 5.83. The van der Waals surface area contributed by atoms with Crippen molar-refractivity contribution >= 4 is 5.91 Å². The highest BCUT2D eigenvalue weighted by atomic mass is 16.5. The summed E-state index contributed by atoms with van der Waals surface area (Å²) in [5.74, 6) is 2.11. The second kappa shape index (κ2) is 6.98. The van der Waals surface area contributed by atoms with E-state index in [2.05, 4.69) is 29.2 Å². The Hall–Kier alpha value is -2.17. The minimum Gasteiger partial charge on any atom is -0.337 e. The van der Waals surface area contributed by atoms with Crippen molar-refractivity contribution in [2.75, 3.05) is 6.54 Å². The predicted molar refractivity (Wildman–Crippen MR) is 93.9 cm³/mol. The van der Waals surface area contributed by atoms with Crippen LogP contribution in [0.4, 0.5) is 0 Å². The summed E-state index contributed by atoms with van der Waals surface area (Å²) in [5, 5.41) is 4.07. The average molecular weight is 339 g/mol. The van der Waals surface area contributed by atoms with Crippen molar-refractivity contribution in [1.29, 1.82) is 0 Å². The Morgan fingerprint density at radius 3 is 2.92 bits per heavy atom. The van der Waals surface area contributed by atoms with E-state index in [9.17, 15) is 4.79 Å². The first-order valence-corrected chi connectivity index (χ1v) is 9.46. The molecule has 5 heteroatoms. The first-order chi connectivity index (χ1) is 12.3. The number of nitrogens with zero attached hydrogens (tertiary/aromatic N) is 3. The summed E-state index contributed by atoms with van der Waals surface area (Å²) in [4.78, 5) is 19.6. The molecular formula is C20H25N3O2. The lowest BCUT2D eigenvalue weighted by molar-refractivity contribution is -0.137. The molecule has 0 bridgehead atoms. The van der Waals surface area contributed by atoms with Crippen molar-refractivity contribution in [3.8, 4) is 0 Å². The maximum absolute atomic E-state index is 13.1. The Morgan fingerprint density at radius 2 is 2.12 bits per heavy atom. The minimum absolute atomic E-state index is 0.0450. The molecule has 25 heavy (non-hydrogen) atoms. The Labute approximate surface area is 148 Å². The van der Waals surface area contributed by atoms with Gasteiger partial charge in [-0.05, 0) is 43.6 Å². The molecule has 1 saturated carbocycles. The van der Waals surface area contributed by atoms with E-state index in [1.807, 2.05) is 23.1 Å². The summed E-state index contributed by atoms with van der Waals surface area (Å²) in [6.07, 6.45) is 5.85. The van der Waals surface area contributed by atoms with Gasteiger partial charge in [-0.25, -0.2) is 0 Å². The maximum Gasteiger partial charge on any atom is 0.249 e. The Bertz CT molecular complexity index is 728. The topological polar surface area (TPSA) is 59.2 Å². The van der Waals surface area contributed by atoms with Gasteiger partial charge in [-0.1, -0.05) is 42.4 Å². The zero-order valence-electron chi connectivity index (χ0n) is 14.7. The number of carbonyl (C=O) groups is 1. The molecule has 1 saturated heterocycles. The molecular weight excluding hydrogens is 314 g/mol. The van der Waals surface area contributed by atoms with Gasteiger partial charge in [0.25, 0.3) is 0 Å². The third-order valence-corrected chi connectivity index (χ3v) is 5.36. The van der Waals surface area contributed by atoms with Crippen molar-refractivity contribution in [1.82, 2.24) is 15.0 Å². The van der Waals surface area contributed by atoms with Gasteiger partial charge in [-0.3, -0.25) is 4.79 Å². The average Bonchev–Trinajstić information content (AvgIpc) is 3.33. The summed E-state index contributed by atoms with van der Waals surface area (Å²) in [5.41, 5.74) is 1.28. The lowest BCUT2D eigenvalue weighted by Crippen LogP contribution is -2.39. The van der Waals surface area contributed by atoms with E-state index >= 15 is 0 Å². The molecule has 1 aromatic heterocycles. The van der Waals surface area contributed by atoms with Crippen LogP contribution in [-0.4, -0.2) is 27.5 Å². The van der Waals surface area contributed by atoms with Crippen molar-refractivity contribution < 1.29 is 9.32 Å². The minimum atomic E-state index is -0.0450. The van der Waals surface area contributed by atoms with Crippen LogP contribution in [0, 0.1) is 5.92 Å². The number of hydrogen-bond donors (Lipinski definition) is 0. The highest BCUT2D eigenvalue weighted by Crippen LogP contribution is 2.49. The molecule has 1 amide bonds. The molecule has 1 aliphatic heterocycles. The SMILES string of the molecule is CCCc1noc([C@@H]2CCCCN2C(=O)[C@H]2C[C@H]2c2ccccc2)n1. The Morgan fingerprint density at radius 1 is 1.28 bits per heavy atom. The van der Waals surface area contributed by atoms with Crippen molar-refractivity contribution in [3.05, 3.63) is 47.6 Å². The van der Waals surface area contributed by atoms with Crippen LogP contribution in [0.5, 0.6) is 0 Å². The highest BCUT2D eigenvalue weighted by Gasteiger charge is 2.47. The van der Waals surface area contributed by atoms with E-state index < -0.39 is 0 Å². The number of amides is 1. The molecule has 0 N–H and O–H groups in total. The van der Waals surface area contributed by atoms with Gasteiger partial charge in [0.15, 0.2) is 5.82 Å². The van der Waals surface area contributed by atoms with E-state index in [1.54, 1.807) is 0 Å². The number of aromatic nitrogens is 2. The largest absolute Gasteiger partial charge is 0.337 e. The molecule has 2 aromatic rings. The molecule has 2 heterocycles. The number of aryl methyl sites for hydroxylation is 1. The Kier molecular flexibility index (Phi) is 4.55. The second-order valence-electron chi connectivity index (χ2n) is 7.20. The zero-order chi connectivity index (χ0) is 17.2. The van der Waals surface area contributed by atoms with Crippen LogP contribution in [0.15, 0.2) is 34.9 Å². The van der Waals surface area contributed by atoms with E-state index in [4.69, 9.17) is 4.52 Å². The molecule has 132 valence electrons. The number of benzene rings is 1. The van der Waals surface area contributed by atoms with Gasteiger partial charge in [0, 0.05) is 18.9 Å². The van der Waals surface area contributed by atoms with Crippen LogP contribution in [-0.2, 0) is 11.2 Å². The molecule has 3 atom stereocenters. The van der Waals surface area contributed by atoms with E-state index in [1.165, 1.54) is 5.56 Å². The van der Waals surface area contributed by atoms with Gasteiger partial charge >= 0.3 is 0 Å². The lowest BCUT2D eigenvalue weighted by atomic mass is 10.0. The van der Waals surface area contributed by atoms with Crippen LogP contribution in [0.2, 0.25) is 0 Å². The molecule has 0 radical (unpaired) electrons. The molecule has 5 nitrogen and oxygen atoms in total.